The molecule has 0 aromatic heterocycles. The highest BCUT2D eigenvalue weighted by molar-refractivity contribution is 6.40. The van der Waals surface area contributed by atoms with Crippen LogP contribution in [0.2, 0.25) is 0 Å². The van der Waals surface area contributed by atoms with Crippen LogP contribution in [-0.2, 0) is 14.3 Å². The Balaban J connectivity index is 3.12. The molecule has 0 fully saturated rings. The summed E-state index contributed by atoms with van der Waals surface area (Å²) >= 11 is 0. The van der Waals surface area contributed by atoms with Crippen molar-refractivity contribution in [3.8, 4) is 0 Å². The Kier molecular flexibility index (Phi) is 4.78. The van der Waals surface area contributed by atoms with Crippen molar-refractivity contribution < 1.29 is 23.9 Å². The van der Waals surface area contributed by atoms with Crippen molar-refractivity contribution >= 4 is 17.7 Å². The molecule has 0 N–H and O–H groups in total. The quantitative estimate of drug-likeness (QED) is 0.345. The molecule has 6 heteroatoms. The SMILES string of the molecule is CCOC(=O)C(=[N+]=[N-])c1cccc(C(=O)OC)c1. The van der Waals surface area contributed by atoms with Gasteiger partial charge < -0.3 is 15.0 Å². The van der Waals surface area contributed by atoms with Crippen molar-refractivity contribution in [1.82, 2.24) is 0 Å². The highest BCUT2D eigenvalue weighted by Crippen LogP contribution is 2.08. The van der Waals surface area contributed by atoms with Crippen LogP contribution in [0.5, 0.6) is 0 Å². The van der Waals surface area contributed by atoms with Crippen molar-refractivity contribution in [3.05, 3.63) is 40.9 Å². The van der Waals surface area contributed by atoms with Gasteiger partial charge in [-0.2, -0.15) is 4.79 Å². The molecular weight excluding hydrogens is 236 g/mol. The molecule has 0 unspecified atom stereocenters. The van der Waals surface area contributed by atoms with Crippen molar-refractivity contribution in [2.45, 2.75) is 6.92 Å². The zero-order valence-electron chi connectivity index (χ0n) is 10.0. The molecule has 0 aliphatic carbocycles. The third kappa shape index (κ3) is 3.02. The van der Waals surface area contributed by atoms with E-state index in [1.165, 1.54) is 25.3 Å². The molecule has 94 valence electrons. The van der Waals surface area contributed by atoms with Crippen molar-refractivity contribution in [2.24, 2.45) is 0 Å². The normalized spacial score (nSPS) is 9.22. The Morgan fingerprint density at radius 2 is 2.00 bits per heavy atom. The third-order valence-corrected chi connectivity index (χ3v) is 2.13. The lowest BCUT2D eigenvalue weighted by atomic mass is 10.1. The Morgan fingerprint density at radius 3 is 2.56 bits per heavy atom. The molecule has 0 bridgehead atoms. The van der Waals surface area contributed by atoms with Gasteiger partial charge in [0.2, 0.25) is 0 Å². The van der Waals surface area contributed by atoms with Gasteiger partial charge in [0, 0.05) is 0 Å². The van der Waals surface area contributed by atoms with E-state index in [0.717, 1.165) is 0 Å². The summed E-state index contributed by atoms with van der Waals surface area (Å²) in [6.45, 7) is 1.80. The number of carbonyl (C=O) groups excluding carboxylic acids is 2. The van der Waals surface area contributed by atoms with Crippen LogP contribution in [-0.4, -0.2) is 36.2 Å². The summed E-state index contributed by atoms with van der Waals surface area (Å²) in [5.41, 5.74) is 9.10. The monoisotopic (exact) mass is 248 g/mol. The summed E-state index contributed by atoms with van der Waals surface area (Å²) in [6, 6.07) is 5.98. The second-order valence-corrected chi connectivity index (χ2v) is 3.24. The molecule has 0 aliphatic heterocycles. The van der Waals surface area contributed by atoms with Crippen LogP contribution >= 0.6 is 0 Å². The Bertz CT molecular complexity index is 519. The summed E-state index contributed by atoms with van der Waals surface area (Å²) in [5, 5.41) is 0. The maximum absolute atomic E-state index is 11.5. The number of esters is 2. The molecular formula is C12H12N2O4. The molecule has 1 aromatic rings. The van der Waals surface area contributed by atoms with E-state index < -0.39 is 11.9 Å². The molecule has 0 aliphatic rings. The van der Waals surface area contributed by atoms with E-state index in [1.54, 1.807) is 13.0 Å². The zero-order chi connectivity index (χ0) is 13.5. The van der Waals surface area contributed by atoms with Gasteiger partial charge in [0.1, 0.15) is 0 Å². The van der Waals surface area contributed by atoms with Crippen LogP contribution < -0.4 is 0 Å². The second kappa shape index (κ2) is 6.32. The maximum atomic E-state index is 11.5. The maximum Gasteiger partial charge on any atom is 0.422 e. The van der Waals surface area contributed by atoms with Crippen LogP contribution in [0, 0.1) is 0 Å². The minimum absolute atomic E-state index is 0.161. The molecule has 0 spiro atoms. The lowest BCUT2D eigenvalue weighted by molar-refractivity contribution is -0.139. The smallest absolute Gasteiger partial charge is 0.422 e. The predicted molar refractivity (Wildman–Crippen MR) is 62.1 cm³/mol. The molecule has 0 saturated heterocycles. The molecule has 0 heterocycles. The number of nitrogens with zero attached hydrogens (tertiary/aromatic N) is 2. The Labute approximate surface area is 104 Å². The summed E-state index contributed by atoms with van der Waals surface area (Å²) in [5.74, 6) is -1.31. The highest BCUT2D eigenvalue weighted by Gasteiger charge is 2.25. The van der Waals surface area contributed by atoms with Gasteiger partial charge in [-0.05, 0) is 25.1 Å². The fourth-order valence-electron chi connectivity index (χ4n) is 1.33. The van der Waals surface area contributed by atoms with Gasteiger partial charge in [0.25, 0.3) is 0 Å². The van der Waals surface area contributed by atoms with Crippen molar-refractivity contribution in [2.75, 3.05) is 13.7 Å². The number of hydrogen-bond acceptors (Lipinski definition) is 4. The average molecular weight is 248 g/mol. The van der Waals surface area contributed by atoms with E-state index in [9.17, 15) is 9.59 Å². The molecule has 6 nitrogen and oxygen atoms in total. The van der Waals surface area contributed by atoms with Crippen molar-refractivity contribution in [3.63, 3.8) is 0 Å². The molecule has 18 heavy (non-hydrogen) atoms. The van der Waals surface area contributed by atoms with E-state index in [1.807, 2.05) is 0 Å². The van der Waals surface area contributed by atoms with Gasteiger partial charge in [-0.1, -0.05) is 6.07 Å². The number of methoxy groups -OCH3 is 1. The van der Waals surface area contributed by atoms with Crippen LogP contribution in [0.1, 0.15) is 22.8 Å². The number of carbonyl (C=O) groups is 2. The highest BCUT2D eigenvalue weighted by atomic mass is 16.5. The van der Waals surface area contributed by atoms with Crippen molar-refractivity contribution in [1.29, 1.82) is 0 Å². The van der Waals surface area contributed by atoms with Gasteiger partial charge in [0.05, 0.1) is 24.8 Å². The van der Waals surface area contributed by atoms with Crippen LogP contribution in [0.4, 0.5) is 0 Å². The molecule has 0 radical (unpaired) electrons. The van der Waals surface area contributed by atoms with Crippen LogP contribution in [0.25, 0.3) is 5.53 Å². The van der Waals surface area contributed by atoms with Gasteiger partial charge in [-0.15, -0.1) is 0 Å². The lowest BCUT2D eigenvalue weighted by Gasteiger charge is -2.01. The second-order valence-electron chi connectivity index (χ2n) is 3.24. The molecule has 0 atom stereocenters. The first-order valence-electron chi connectivity index (χ1n) is 5.22. The first-order valence-corrected chi connectivity index (χ1v) is 5.22. The minimum Gasteiger partial charge on any atom is -0.465 e. The molecule has 1 rings (SSSR count). The summed E-state index contributed by atoms with van der Waals surface area (Å²) < 4.78 is 9.29. The first kappa shape index (κ1) is 13.6. The number of ether oxygens (including phenoxy) is 2. The lowest BCUT2D eigenvalue weighted by Crippen LogP contribution is -2.20. The standard InChI is InChI=1S/C12H12N2O4/c1-3-18-12(16)10(14-13)8-5-4-6-9(7-8)11(15)17-2/h4-7H,3H2,1-2H3. The molecule has 0 saturated carbocycles. The predicted octanol–water partition coefficient (Wildman–Crippen LogP) is 1.06. The van der Waals surface area contributed by atoms with E-state index >= 15 is 0 Å². The Morgan fingerprint density at radius 1 is 1.33 bits per heavy atom. The fraction of sp³-hybridized carbons (Fsp3) is 0.250. The fourth-order valence-corrected chi connectivity index (χ4v) is 1.33. The van der Waals surface area contributed by atoms with Gasteiger partial charge >= 0.3 is 17.7 Å². The number of hydrogen-bond donors (Lipinski definition) is 0. The van der Waals surface area contributed by atoms with E-state index in [-0.39, 0.29) is 23.4 Å². The summed E-state index contributed by atoms with van der Waals surface area (Å²) in [6.07, 6.45) is 0. The largest absolute Gasteiger partial charge is 0.465 e. The Hall–Kier alpha value is -2.46. The summed E-state index contributed by atoms with van der Waals surface area (Å²) in [4.78, 5) is 25.7. The third-order valence-electron chi connectivity index (χ3n) is 2.13. The molecule has 1 aromatic carbocycles. The van der Waals surface area contributed by atoms with Gasteiger partial charge in [0.15, 0.2) is 0 Å². The number of benzene rings is 1. The topological polar surface area (TPSA) is 89.0 Å². The van der Waals surface area contributed by atoms with E-state index in [0.29, 0.717) is 0 Å². The van der Waals surface area contributed by atoms with Gasteiger partial charge in [-0.3, -0.25) is 0 Å². The number of rotatable bonds is 4. The van der Waals surface area contributed by atoms with Crippen LogP contribution in [0.3, 0.4) is 0 Å². The van der Waals surface area contributed by atoms with Crippen LogP contribution in [0.15, 0.2) is 24.3 Å². The summed E-state index contributed by atoms with van der Waals surface area (Å²) in [7, 11) is 1.25. The average Bonchev–Trinajstić information content (AvgIpc) is 2.39. The minimum atomic E-state index is -0.762. The van der Waals surface area contributed by atoms with E-state index in [2.05, 4.69) is 9.53 Å². The van der Waals surface area contributed by atoms with E-state index in [4.69, 9.17) is 10.3 Å². The van der Waals surface area contributed by atoms with Gasteiger partial charge in [-0.25, -0.2) is 9.59 Å². The molecule has 0 amide bonds. The zero-order valence-corrected chi connectivity index (χ0v) is 10.0. The first-order chi connectivity index (χ1) is 8.63.